The normalized spacial score (nSPS) is 17.1. The van der Waals surface area contributed by atoms with Crippen molar-refractivity contribution in [2.75, 3.05) is 16.8 Å². The molecule has 1 aliphatic heterocycles. The first-order valence-corrected chi connectivity index (χ1v) is 10.3. The zero-order chi connectivity index (χ0) is 25.0. The Bertz CT molecular complexity index is 1290. The van der Waals surface area contributed by atoms with Crippen molar-refractivity contribution in [3.8, 4) is 6.07 Å². The number of thiocarbonyl (C=S) groups is 1. The standard InChI is InChI=1S/C21H15F4N5O3S/c1-27-17(31)13-4-3-11(8-15(13)22)30-19(34)29(18(32)20(30)5-2-6-20)12-7-14(21(23,24)25)16(9-26)28(33)10-12/h3-4,7-8,10H,2,5-6H2,1H3,(H,27,31). The van der Waals surface area contributed by atoms with Crippen LogP contribution in [0.3, 0.4) is 0 Å². The predicted octanol–water partition coefficient (Wildman–Crippen LogP) is 2.77. The van der Waals surface area contributed by atoms with Gasteiger partial charge in [0.1, 0.15) is 22.6 Å². The number of nitriles is 1. The number of carbonyl (C=O) groups excluding carboxylic acids is 2. The molecule has 1 aromatic carbocycles. The van der Waals surface area contributed by atoms with Crippen molar-refractivity contribution in [2.45, 2.75) is 31.0 Å². The van der Waals surface area contributed by atoms with Gasteiger partial charge in [-0.3, -0.25) is 9.59 Å². The minimum Gasteiger partial charge on any atom is -0.618 e. The summed E-state index contributed by atoms with van der Waals surface area (Å²) < 4.78 is 54.9. The Morgan fingerprint density at radius 2 is 1.97 bits per heavy atom. The van der Waals surface area contributed by atoms with Crippen LogP contribution in [0.15, 0.2) is 30.5 Å². The Kier molecular flexibility index (Phi) is 5.44. The van der Waals surface area contributed by atoms with Crippen molar-refractivity contribution in [3.05, 3.63) is 58.3 Å². The van der Waals surface area contributed by atoms with Crippen LogP contribution in [0, 0.1) is 22.4 Å². The first-order chi connectivity index (χ1) is 16.0. The summed E-state index contributed by atoms with van der Waals surface area (Å²) in [5, 5.41) is 23.2. The van der Waals surface area contributed by atoms with Gasteiger partial charge >= 0.3 is 11.9 Å². The number of rotatable bonds is 3. The topological polar surface area (TPSA) is 103 Å². The lowest BCUT2D eigenvalue weighted by molar-refractivity contribution is -0.608. The second-order valence-corrected chi connectivity index (χ2v) is 8.15. The van der Waals surface area contributed by atoms with E-state index in [-0.39, 0.29) is 21.1 Å². The highest BCUT2D eigenvalue weighted by atomic mass is 32.1. The van der Waals surface area contributed by atoms with Crippen molar-refractivity contribution < 1.29 is 31.9 Å². The molecule has 34 heavy (non-hydrogen) atoms. The molecule has 1 spiro atoms. The van der Waals surface area contributed by atoms with E-state index in [2.05, 4.69) is 5.32 Å². The smallest absolute Gasteiger partial charge is 0.423 e. The van der Waals surface area contributed by atoms with E-state index in [9.17, 15) is 32.4 Å². The zero-order valence-electron chi connectivity index (χ0n) is 17.4. The number of hydrogen-bond donors (Lipinski definition) is 1. The largest absolute Gasteiger partial charge is 0.618 e. The maximum atomic E-state index is 14.6. The predicted molar refractivity (Wildman–Crippen MR) is 114 cm³/mol. The number of anilines is 2. The van der Waals surface area contributed by atoms with E-state index in [1.54, 1.807) is 0 Å². The Hall–Kier alpha value is -3.79. The highest BCUT2D eigenvalue weighted by Crippen LogP contribution is 2.48. The van der Waals surface area contributed by atoms with E-state index in [1.807, 2.05) is 0 Å². The lowest BCUT2D eigenvalue weighted by Crippen LogP contribution is -2.55. The number of aromatic nitrogens is 1. The van der Waals surface area contributed by atoms with Gasteiger partial charge in [-0.2, -0.15) is 23.2 Å². The van der Waals surface area contributed by atoms with Crippen molar-refractivity contribution in [1.29, 1.82) is 5.26 Å². The quantitative estimate of drug-likeness (QED) is 0.305. The average Bonchev–Trinajstić information content (AvgIpc) is 2.98. The van der Waals surface area contributed by atoms with Crippen LogP contribution in [-0.4, -0.2) is 29.5 Å². The first kappa shape index (κ1) is 23.4. The second-order valence-electron chi connectivity index (χ2n) is 7.78. The van der Waals surface area contributed by atoms with Gasteiger partial charge in [-0.05, 0) is 55.7 Å². The van der Waals surface area contributed by atoms with Gasteiger partial charge in [-0.15, -0.1) is 0 Å². The summed E-state index contributed by atoms with van der Waals surface area (Å²) in [5.41, 5.74) is -4.52. The molecule has 1 aromatic heterocycles. The molecular weight excluding hydrogens is 478 g/mol. The number of nitrogens with zero attached hydrogens (tertiary/aromatic N) is 4. The van der Waals surface area contributed by atoms with Gasteiger partial charge in [0.25, 0.3) is 11.8 Å². The van der Waals surface area contributed by atoms with E-state index in [0.717, 1.165) is 11.0 Å². The number of carbonyl (C=O) groups is 2. The van der Waals surface area contributed by atoms with Crippen molar-refractivity contribution in [3.63, 3.8) is 0 Å². The second kappa shape index (κ2) is 7.91. The number of amides is 2. The Labute approximate surface area is 195 Å². The molecule has 1 saturated heterocycles. The van der Waals surface area contributed by atoms with Gasteiger partial charge in [0, 0.05) is 12.7 Å². The molecule has 2 aromatic rings. The fourth-order valence-corrected chi connectivity index (χ4v) is 4.64. The summed E-state index contributed by atoms with van der Waals surface area (Å²) in [4.78, 5) is 27.4. The van der Waals surface area contributed by atoms with Crippen LogP contribution < -0.4 is 19.8 Å². The van der Waals surface area contributed by atoms with Gasteiger partial charge in [0.2, 0.25) is 6.20 Å². The Morgan fingerprint density at radius 3 is 2.47 bits per heavy atom. The Morgan fingerprint density at radius 1 is 1.29 bits per heavy atom. The molecule has 4 rings (SSSR count). The average molecular weight is 493 g/mol. The third-order valence-corrected chi connectivity index (χ3v) is 6.33. The maximum absolute atomic E-state index is 14.6. The molecule has 0 bridgehead atoms. The van der Waals surface area contributed by atoms with Gasteiger partial charge in [0.15, 0.2) is 11.2 Å². The summed E-state index contributed by atoms with van der Waals surface area (Å²) in [5.74, 6) is -2.21. The first-order valence-electron chi connectivity index (χ1n) is 9.91. The molecule has 1 saturated carbocycles. The van der Waals surface area contributed by atoms with Crippen LogP contribution in [0.5, 0.6) is 0 Å². The third kappa shape index (κ3) is 3.33. The fourth-order valence-electron chi connectivity index (χ4n) is 4.17. The van der Waals surface area contributed by atoms with Crippen LogP contribution in [-0.2, 0) is 11.0 Å². The monoisotopic (exact) mass is 493 g/mol. The third-order valence-electron chi connectivity index (χ3n) is 5.96. The van der Waals surface area contributed by atoms with Gasteiger partial charge in [0.05, 0.1) is 5.56 Å². The summed E-state index contributed by atoms with van der Waals surface area (Å²) >= 11 is 5.42. The summed E-state index contributed by atoms with van der Waals surface area (Å²) in [6.07, 6.45) is -3.17. The minimum atomic E-state index is -5.04. The number of benzene rings is 1. The summed E-state index contributed by atoms with van der Waals surface area (Å²) in [6, 6.07) is 5.34. The van der Waals surface area contributed by atoms with Gasteiger partial charge in [-0.25, -0.2) is 9.29 Å². The molecule has 0 unspecified atom stereocenters. The van der Waals surface area contributed by atoms with Crippen molar-refractivity contribution in [2.24, 2.45) is 0 Å². The SMILES string of the molecule is CNC(=O)c1ccc(N2C(=S)N(c3cc(C(F)(F)F)c(C#N)[n+]([O-])c3)C(=O)C23CCC3)cc1F. The highest BCUT2D eigenvalue weighted by molar-refractivity contribution is 7.81. The van der Waals surface area contributed by atoms with Crippen molar-refractivity contribution >= 4 is 40.5 Å². The summed E-state index contributed by atoms with van der Waals surface area (Å²) in [7, 11) is 1.33. The van der Waals surface area contributed by atoms with E-state index in [1.165, 1.54) is 30.1 Å². The molecule has 8 nitrogen and oxygen atoms in total. The molecular formula is C21H15F4N5O3S. The molecule has 2 heterocycles. The number of pyridine rings is 1. The molecule has 0 atom stereocenters. The number of nitrogens with one attached hydrogen (secondary N) is 1. The molecule has 1 aliphatic carbocycles. The fraction of sp³-hybridized carbons (Fsp3) is 0.286. The maximum Gasteiger partial charge on any atom is 0.423 e. The lowest BCUT2D eigenvalue weighted by Gasteiger charge is -2.43. The van der Waals surface area contributed by atoms with Crippen LogP contribution in [0.4, 0.5) is 28.9 Å². The highest BCUT2D eigenvalue weighted by Gasteiger charge is 2.60. The number of alkyl halides is 3. The van der Waals surface area contributed by atoms with Gasteiger partial charge in [-0.1, -0.05) is 0 Å². The zero-order valence-corrected chi connectivity index (χ0v) is 18.3. The minimum absolute atomic E-state index is 0.130. The number of hydrogen-bond acceptors (Lipinski definition) is 5. The van der Waals surface area contributed by atoms with Crippen molar-refractivity contribution in [1.82, 2.24) is 5.32 Å². The molecule has 0 radical (unpaired) electrons. The van der Waals surface area contributed by atoms with Gasteiger partial charge < -0.3 is 15.4 Å². The van der Waals surface area contributed by atoms with Crippen LogP contribution in [0.1, 0.15) is 40.9 Å². The number of halogens is 4. The Balaban J connectivity index is 1.83. The van der Waals surface area contributed by atoms with E-state index < -0.39 is 46.3 Å². The molecule has 2 aliphatic rings. The molecule has 2 fully saturated rings. The molecule has 13 heteroatoms. The lowest BCUT2D eigenvalue weighted by atomic mass is 9.75. The summed E-state index contributed by atoms with van der Waals surface area (Å²) in [6.45, 7) is 0. The van der Waals surface area contributed by atoms with Crippen LogP contribution in [0.2, 0.25) is 0 Å². The molecule has 176 valence electrons. The molecule has 2 amide bonds. The van der Waals surface area contributed by atoms with E-state index in [4.69, 9.17) is 17.5 Å². The van der Waals surface area contributed by atoms with Crippen LogP contribution >= 0.6 is 12.2 Å². The van der Waals surface area contributed by atoms with E-state index in [0.29, 0.717) is 31.5 Å². The van der Waals surface area contributed by atoms with E-state index >= 15 is 0 Å². The molecule has 1 N–H and O–H groups in total. The van der Waals surface area contributed by atoms with Crippen LogP contribution in [0.25, 0.3) is 0 Å².